The number of ether oxygens (including phenoxy) is 1. The average Bonchev–Trinajstić information content (AvgIpc) is 2.41. The lowest BCUT2D eigenvalue weighted by Gasteiger charge is -2.17. The molecule has 2 N–H and O–H groups in total. The van der Waals surface area contributed by atoms with E-state index in [1.165, 1.54) is 36.7 Å². The first-order chi connectivity index (χ1) is 9.28. The van der Waals surface area contributed by atoms with Gasteiger partial charge >= 0.3 is 5.97 Å². The van der Waals surface area contributed by atoms with Crippen LogP contribution in [-0.4, -0.2) is 39.4 Å². The summed E-state index contributed by atoms with van der Waals surface area (Å²) in [6.07, 6.45) is 0.546. The number of benzene rings is 1. The molecule has 8 heteroatoms. The number of hydrogen-bond acceptors (Lipinski definition) is 5. The minimum Gasteiger partial charge on any atom is -0.469 e. The van der Waals surface area contributed by atoms with E-state index in [1.807, 2.05) is 0 Å². The van der Waals surface area contributed by atoms with Crippen molar-refractivity contribution in [3.8, 4) is 0 Å². The number of carbonyl (C=O) groups is 1. The van der Waals surface area contributed by atoms with Gasteiger partial charge in [-0.25, -0.2) is 12.7 Å². The standard InChI is InChI=1S/C12H17ClN2O4S/c1-15(7-3-4-12(16)19-2)20(17,18)9-5-6-10(13)11(14)8-9/h5-6,8H,3-4,7,14H2,1-2H3. The van der Waals surface area contributed by atoms with Crippen molar-refractivity contribution in [3.05, 3.63) is 23.2 Å². The molecule has 0 aliphatic heterocycles. The Kier molecular flexibility index (Phi) is 5.79. The molecule has 1 aromatic rings. The van der Waals surface area contributed by atoms with Crippen LogP contribution in [0.4, 0.5) is 5.69 Å². The lowest BCUT2D eigenvalue weighted by Crippen LogP contribution is -2.28. The number of nitrogen functional groups attached to an aromatic ring is 1. The molecule has 0 radical (unpaired) electrons. The number of sulfonamides is 1. The highest BCUT2D eigenvalue weighted by atomic mass is 35.5. The van der Waals surface area contributed by atoms with Gasteiger partial charge in [-0.1, -0.05) is 11.6 Å². The van der Waals surface area contributed by atoms with Crippen molar-refractivity contribution in [1.29, 1.82) is 0 Å². The smallest absolute Gasteiger partial charge is 0.305 e. The van der Waals surface area contributed by atoms with Gasteiger partial charge in [-0.2, -0.15) is 0 Å². The van der Waals surface area contributed by atoms with E-state index in [-0.39, 0.29) is 29.5 Å². The van der Waals surface area contributed by atoms with Crippen molar-refractivity contribution in [2.45, 2.75) is 17.7 Å². The summed E-state index contributed by atoms with van der Waals surface area (Å²) < 4.78 is 30.2. The Morgan fingerprint density at radius 2 is 2.10 bits per heavy atom. The quantitative estimate of drug-likeness (QED) is 0.633. The Morgan fingerprint density at radius 1 is 1.45 bits per heavy atom. The number of nitrogens with two attached hydrogens (primary N) is 1. The monoisotopic (exact) mass is 320 g/mol. The molecular formula is C12H17ClN2O4S. The normalized spacial score (nSPS) is 11.6. The van der Waals surface area contributed by atoms with E-state index in [0.29, 0.717) is 11.4 Å². The maximum absolute atomic E-state index is 12.3. The number of rotatable bonds is 6. The summed E-state index contributed by atoms with van der Waals surface area (Å²) in [7, 11) is -0.908. The zero-order valence-electron chi connectivity index (χ0n) is 11.3. The van der Waals surface area contributed by atoms with Crippen molar-refractivity contribution in [1.82, 2.24) is 4.31 Å². The maximum Gasteiger partial charge on any atom is 0.305 e. The first-order valence-electron chi connectivity index (χ1n) is 5.87. The Morgan fingerprint density at radius 3 is 2.65 bits per heavy atom. The molecule has 0 aliphatic rings. The highest BCUT2D eigenvalue weighted by Crippen LogP contribution is 2.24. The second-order valence-corrected chi connectivity index (χ2v) is 6.64. The summed E-state index contributed by atoms with van der Waals surface area (Å²) in [4.78, 5) is 11.0. The molecular weight excluding hydrogens is 304 g/mol. The van der Waals surface area contributed by atoms with E-state index < -0.39 is 10.0 Å². The molecule has 0 atom stereocenters. The minimum absolute atomic E-state index is 0.0694. The maximum atomic E-state index is 12.3. The number of esters is 1. The summed E-state index contributed by atoms with van der Waals surface area (Å²) in [6.45, 7) is 0.208. The van der Waals surface area contributed by atoms with E-state index in [4.69, 9.17) is 17.3 Å². The number of halogens is 1. The van der Waals surface area contributed by atoms with E-state index in [9.17, 15) is 13.2 Å². The number of methoxy groups -OCH3 is 1. The summed E-state index contributed by atoms with van der Waals surface area (Å²) in [5.74, 6) is -0.369. The molecule has 0 unspecified atom stereocenters. The second-order valence-electron chi connectivity index (χ2n) is 4.19. The molecule has 1 aromatic carbocycles. The second kappa shape index (κ2) is 6.92. The van der Waals surface area contributed by atoms with Crippen molar-refractivity contribution < 1.29 is 17.9 Å². The van der Waals surface area contributed by atoms with Crippen molar-refractivity contribution in [2.75, 3.05) is 26.4 Å². The molecule has 0 heterocycles. The molecule has 20 heavy (non-hydrogen) atoms. The highest BCUT2D eigenvalue weighted by Gasteiger charge is 2.21. The predicted molar refractivity (Wildman–Crippen MR) is 76.9 cm³/mol. The summed E-state index contributed by atoms with van der Waals surface area (Å²) in [5.41, 5.74) is 5.80. The van der Waals surface area contributed by atoms with Gasteiger partial charge in [0.05, 0.1) is 22.7 Å². The minimum atomic E-state index is -3.64. The van der Waals surface area contributed by atoms with Crippen LogP contribution in [0.25, 0.3) is 0 Å². The van der Waals surface area contributed by atoms with Gasteiger partial charge in [-0.15, -0.1) is 0 Å². The van der Waals surface area contributed by atoms with Gasteiger partial charge in [0.15, 0.2) is 0 Å². The van der Waals surface area contributed by atoms with Crippen LogP contribution in [-0.2, 0) is 19.6 Å². The van der Waals surface area contributed by atoms with Gasteiger partial charge < -0.3 is 10.5 Å². The first-order valence-corrected chi connectivity index (χ1v) is 7.69. The first kappa shape index (κ1) is 16.7. The summed E-state index contributed by atoms with van der Waals surface area (Å²) in [6, 6.07) is 4.14. The highest BCUT2D eigenvalue weighted by molar-refractivity contribution is 7.89. The SMILES string of the molecule is COC(=O)CCCN(C)S(=O)(=O)c1ccc(Cl)c(N)c1. The molecule has 6 nitrogen and oxygen atoms in total. The van der Waals surface area contributed by atoms with Crippen LogP contribution in [0.2, 0.25) is 5.02 Å². The van der Waals surface area contributed by atoms with Crippen LogP contribution < -0.4 is 5.73 Å². The van der Waals surface area contributed by atoms with E-state index in [1.54, 1.807) is 0 Å². The van der Waals surface area contributed by atoms with Gasteiger partial charge in [0.2, 0.25) is 10.0 Å². The van der Waals surface area contributed by atoms with Gasteiger partial charge in [0.25, 0.3) is 0 Å². The van der Waals surface area contributed by atoms with Crippen LogP contribution in [0.1, 0.15) is 12.8 Å². The van der Waals surface area contributed by atoms with Crippen molar-refractivity contribution in [2.24, 2.45) is 0 Å². The Labute approximate surface area is 123 Å². The molecule has 0 aliphatic carbocycles. The molecule has 0 saturated heterocycles. The number of hydrogen-bond donors (Lipinski definition) is 1. The van der Waals surface area contributed by atoms with Crippen LogP contribution >= 0.6 is 11.6 Å². The molecule has 0 spiro atoms. The molecule has 1 rings (SSSR count). The van der Waals surface area contributed by atoms with Gasteiger partial charge in [0.1, 0.15) is 0 Å². The van der Waals surface area contributed by atoms with Crippen LogP contribution in [0.5, 0.6) is 0 Å². The third kappa shape index (κ3) is 4.09. The fraction of sp³-hybridized carbons (Fsp3) is 0.417. The molecule has 0 amide bonds. The number of carbonyl (C=O) groups excluding carboxylic acids is 1. The van der Waals surface area contributed by atoms with Crippen molar-refractivity contribution >= 4 is 33.3 Å². The third-order valence-electron chi connectivity index (χ3n) is 2.76. The van der Waals surface area contributed by atoms with Crippen molar-refractivity contribution in [3.63, 3.8) is 0 Å². The summed E-state index contributed by atoms with van der Waals surface area (Å²) in [5, 5.41) is 0.303. The zero-order chi connectivity index (χ0) is 15.3. The largest absolute Gasteiger partial charge is 0.469 e. The molecule has 0 bridgehead atoms. The molecule has 0 saturated carbocycles. The Hall–Kier alpha value is -1.31. The molecule has 0 fully saturated rings. The van der Waals surface area contributed by atoms with Crippen LogP contribution in [0.3, 0.4) is 0 Å². The van der Waals surface area contributed by atoms with E-state index in [2.05, 4.69) is 4.74 Å². The number of nitrogens with zero attached hydrogens (tertiary/aromatic N) is 1. The van der Waals surface area contributed by atoms with Gasteiger partial charge in [-0.05, 0) is 24.6 Å². The fourth-order valence-electron chi connectivity index (χ4n) is 1.53. The molecule has 0 aromatic heterocycles. The van der Waals surface area contributed by atoms with Crippen LogP contribution in [0.15, 0.2) is 23.1 Å². The van der Waals surface area contributed by atoms with E-state index in [0.717, 1.165) is 0 Å². The predicted octanol–water partition coefficient (Wildman–Crippen LogP) is 1.50. The van der Waals surface area contributed by atoms with Gasteiger partial charge in [0, 0.05) is 20.0 Å². The summed E-state index contributed by atoms with van der Waals surface area (Å²) >= 11 is 5.76. The third-order valence-corrected chi connectivity index (χ3v) is 4.95. The van der Waals surface area contributed by atoms with E-state index >= 15 is 0 Å². The topological polar surface area (TPSA) is 89.7 Å². The Balaban J connectivity index is 2.77. The lowest BCUT2D eigenvalue weighted by atomic mass is 10.3. The number of anilines is 1. The van der Waals surface area contributed by atoms with Crippen LogP contribution in [0, 0.1) is 0 Å². The fourth-order valence-corrected chi connectivity index (χ4v) is 2.89. The lowest BCUT2D eigenvalue weighted by molar-refractivity contribution is -0.140. The zero-order valence-corrected chi connectivity index (χ0v) is 12.9. The Bertz CT molecular complexity index is 589. The average molecular weight is 321 g/mol. The van der Waals surface area contributed by atoms with Gasteiger partial charge in [-0.3, -0.25) is 4.79 Å². The molecule has 112 valence electrons.